The van der Waals surface area contributed by atoms with Gasteiger partial charge in [0.05, 0.1) is 11.9 Å². The SMILES string of the molecule is CCCCOCCOc1ccc(-c2ccc3c(c2)C=C(C(=O)Nc2ccc(SC(C)c4nccn4CCC)cc2)CCN3CC(C)C)cc1. The molecule has 0 radical (unpaired) electrons. The fraction of sp³-hybridized carbons (Fsp3) is 0.415. The van der Waals surface area contributed by atoms with Gasteiger partial charge in [0.15, 0.2) is 0 Å². The van der Waals surface area contributed by atoms with E-state index in [0.29, 0.717) is 25.6 Å². The smallest absolute Gasteiger partial charge is 0.251 e. The zero-order valence-corrected chi connectivity index (χ0v) is 30.6. The Morgan fingerprint density at radius 3 is 2.45 bits per heavy atom. The van der Waals surface area contributed by atoms with Crippen LogP contribution in [0.5, 0.6) is 5.75 Å². The number of benzene rings is 3. The van der Waals surface area contributed by atoms with Crippen molar-refractivity contribution in [3.63, 3.8) is 0 Å². The summed E-state index contributed by atoms with van der Waals surface area (Å²) in [5.41, 5.74) is 6.02. The highest BCUT2D eigenvalue weighted by atomic mass is 32.2. The molecule has 0 spiro atoms. The summed E-state index contributed by atoms with van der Waals surface area (Å²) < 4.78 is 13.7. The van der Waals surface area contributed by atoms with Crippen molar-refractivity contribution >= 4 is 35.1 Å². The largest absolute Gasteiger partial charge is 0.491 e. The third kappa shape index (κ3) is 10.2. The molecule has 0 fully saturated rings. The number of nitrogens with one attached hydrogen (secondary N) is 1. The minimum absolute atomic E-state index is 0.0571. The molecule has 8 heteroatoms. The number of imidazole rings is 1. The fourth-order valence-electron chi connectivity index (χ4n) is 6.09. The average molecular weight is 681 g/mol. The lowest BCUT2D eigenvalue weighted by molar-refractivity contribution is -0.112. The molecule has 0 aliphatic carbocycles. The van der Waals surface area contributed by atoms with Gasteiger partial charge >= 0.3 is 0 Å². The molecular formula is C41H52N4O3S. The number of thioether (sulfide) groups is 1. The quantitative estimate of drug-likeness (QED) is 0.0885. The number of carbonyl (C=O) groups is 1. The molecule has 0 saturated heterocycles. The normalized spacial score (nSPS) is 13.5. The van der Waals surface area contributed by atoms with E-state index in [1.165, 1.54) is 5.69 Å². The number of hydrogen-bond donors (Lipinski definition) is 1. The highest BCUT2D eigenvalue weighted by Gasteiger charge is 2.21. The van der Waals surface area contributed by atoms with Gasteiger partial charge in [0.2, 0.25) is 0 Å². The fourth-order valence-corrected chi connectivity index (χ4v) is 7.09. The van der Waals surface area contributed by atoms with Crippen LogP contribution in [0.3, 0.4) is 0 Å². The number of aromatic nitrogens is 2. The van der Waals surface area contributed by atoms with Crippen LogP contribution in [-0.2, 0) is 16.1 Å². The predicted octanol–water partition coefficient (Wildman–Crippen LogP) is 9.90. The van der Waals surface area contributed by atoms with E-state index in [1.807, 2.05) is 30.5 Å². The Hall–Kier alpha value is -4.01. The second-order valence-corrected chi connectivity index (χ2v) is 14.5. The first-order chi connectivity index (χ1) is 23.8. The third-order valence-corrected chi connectivity index (χ3v) is 9.66. The summed E-state index contributed by atoms with van der Waals surface area (Å²) in [6, 6.07) is 22.9. The van der Waals surface area contributed by atoms with E-state index in [0.717, 1.165) is 89.9 Å². The second-order valence-electron chi connectivity index (χ2n) is 13.1. The van der Waals surface area contributed by atoms with Crippen LogP contribution in [0.15, 0.2) is 89.6 Å². The van der Waals surface area contributed by atoms with E-state index in [2.05, 4.69) is 109 Å². The Morgan fingerprint density at radius 1 is 0.939 bits per heavy atom. The van der Waals surface area contributed by atoms with Gasteiger partial charge in [0, 0.05) is 60.5 Å². The molecular weight excluding hydrogens is 629 g/mol. The zero-order valence-electron chi connectivity index (χ0n) is 29.8. The summed E-state index contributed by atoms with van der Waals surface area (Å²) in [6.07, 6.45) is 9.97. The van der Waals surface area contributed by atoms with Crippen molar-refractivity contribution in [2.75, 3.05) is 43.1 Å². The summed E-state index contributed by atoms with van der Waals surface area (Å²) in [6.45, 7) is 15.6. The van der Waals surface area contributed by atoms with Crippen molar-refractivity contribution in [2.24, 2.45) is 5.92 Å². The zero-order chi connectivity index (χ0) is 34.6. The third-order valence-electron chi connectivity index (χ3n) is 8.55. The van der Waals surface area contributed by atoms with Crippen LogP contribution in [-0.4, -0.2) is 48.4 Å². The maximum atomic E-state index is 13.7. The van der Waals surface area contributed by atoms with E-state index < -0.39 is 0 Å². The summed E-state index contributed by atoms with van der Waals surface area (Å²) in [5.74, 6) is 2.36. The van der Waals surface area contributed by atoms with E-state index in [-0.39, 0.29) is 11.2 Å². The topological polar surface area (TPSA) is 68.6 Å². The minimum atomic E-state index is -0.0571. The molecule has 1 atom stereocenters. The van der Waals surface area contributed by atoms with Gasteiger partial charge in [-0.25, -0.2) is 4.98 Å². The van der Waals surface area contributed by atoms with E-state index in [4.69, 9.17) is 9.47 Å². The van der Waals surface area contributed by atoms with Gasteiger partial charge in [0.25, 0.3) is 5.91 Å². The van der Waals surface area contributed by atoms with Crippen LogP contribution in [0.4, 0.5) is 11.4 Å². The Kier molecular flexibility index (Phi) is 13.4. The molecule has 1 aliphatic heterocycles. The van der Waals surface area contributed by atoms with Crippen molar-refractivity contribution in [1.29, 1.82) is 0 Å². The number of anilines is 2. The number of amides is 1. The molecule has 1 N–H and O–H groups in total. The summed E-state index contributed by atoms with van der Waals surface area (Å²) >= 11 is 1.78. The molecule has 7 nitrogen and oxygen atoms in total. The monoisotopic (exact) mass is 680 g/mol. The first kappa shape index (κ1) is 36.3. The number of ether oxygens (including phenoxy) is 2. The molecule has 3 aromatic carbocycles. The van der Waals surface area contributed by atoms with Crippen molar-refractivity contribution < 1.29 is 14.3 Å². The average Bonchev–Trinajstić information content (AvgIpc) is 3.49. The molecule has 0 bridgehead atoms. The lowest BCUT2D eigenvalue weighted by Gasteiger charge is -2.27. The van der Waals surface area contributed by atoms with Gasteiger partial charge in [-0.2, -0.15) is 0 Å². The number of nitrogens with zero attached hydrogens (tertiary/aromatic N) is 3. The lowest BCUT2D eigenvalue weighted by Crippen LogP contribution is -2.29. The molecule has 1 aliphatic rings. The number of unbranched alkanes of at least 4 members (excludes halogenated alkanes) is 1. The summed E-state index contributed by atoms with van der Waals surface area (Å²) in [7, 11) is 0. The van der Waals surface area contributed by atoms with E-state index in [9.17, 15) is 4.79 Å². The van der Waals surface area contributed by atoms with Gasteiger partial charge < -0.3 is 24.3 Å². The maximum Gasteiger partial charge on any atom is 0.251 e. The molecule has 49 heavy (non-hydrogen) atoms. The molecule has 1 unspecified atom stereocenters. The lowest BCUT2D eigenvalue weighted by atomic mass is 10.00. The number of fused-ring (bicyclic) bond motifs is 1. The van der Waals surface area contributed by atoms with Gasteiger partial charge in [-0.15, -0.1) is 11.8 Å². The predicted molar refractivity (Wildman–Crippen MR) is 205 cm³/mol. The highest BCUT2D eigenvalue weighted by molar-refractivity contribution is 7.99. The van der Waals surface area contributed by atoms with Crippen LogP contribution >= 0.6 is 11.8 Å². The Labute approximate surface area is 297 Å². The van der Waals surface area contributed by atoms with Crippen molar-refractivity contribution in [3.8, 4) is 16.9 Å². The molecule has 2 heterocycles. The number of hydrogen-bond acceptors (Lipinski definition) is 6. The van der Waals surface area contributed by atoms with Gasteiger partial charge in [-0.1, -0.05) is 52.3 Å². The molecule has 0 saturated carbocycles. The van der Waals surface area contributed by atoms with E-state index >= 15 is 0 Å². The molecule has 4 aromatic rings. The highest BCUT2D eigenvalue weighted by Crippen LogP contribution is 2.36. The van der Waals surface area contributed by atoms with Crippen LogP contribution in [0.25, 0.3) is 17.2 Å². The van der Waals surface area contributed by atoms with Crippen LogP contribution in [0.1, 0.15) is 76.9 Å². The van der Waals surface area contributed by atoms with Crippen molar-refractivity contribution in [2.45, 2.75) is 77.0 Å². The Morgan fingerprint density at radius 2 is 1.71 bits per heavy atom. The van der Waals surface area contributed by atoms with Gasteiger partial charge in [-0.3, -0.25) is 4.79 Å². The standard InChI is InChI=1S/C41H52N4O3S/c1-6-8-24-47-25-26-48-37-14-9-32(10-15-37)33-11-18-39-35(27-33)28-34(19-22-45(39)29-30(3)4)41(46)43-36-12-16-38(17-13-36)49-31(5)40-42-20-23-44(40)21-7-2/h9-18,20,23,27-28,30-31H,6-8,19,21-22,24-26,29H2,1-5H3,(H,43,46). The minimum Gasteiger partial charge on any atom is -0.491 e. The molecule has 1 aromatic heterocycles. The van der Waals surface area contributed by atoms with Gasteiger partial charge in [0.1, 0.15) is 18.2 Å². The van der Waals surface area contributed by atoms with Gasteiger partial charge in [-0.05, 0) is 103 Å². The summed E-state index contributed by atoms with van der Waals surface area (Å²) in [5, 5.41) is 3.39. The maximum absolute atomic E-state index is 13.7. The van der Waals surface area contributed by atoms with Crippen LogP contribution < -0.4 is 15.0 Å². The number of carbonyl (C=O) groups excluding carboxylic acids is 1. The molecule has 5 rings (SSSR count). The first-order valence-corrected chi connectivity index (χ1v) is 18.7. The first-order valence-electron chi connectivity index (χ1n) is 17.8. The van der Waals surface area contributed by atoms with E-state index in [1.54, 1.807) is 11.8 Å². The Bertz CT molecular complexity index is 1660. The Balaban J connectivity index is 1.27. The van der Waals surface area contributed by atoms with Crippen LogP contribution in [0, 0.1) is 5.92 Å². The number of rotatable bonds is 17. The van der Waals surface area contributed by atoms with Crippen molar-refractivity contribution in [3.05, 3.63) is 96.1 Å². The number of aryl methyl sites for hydroxylation is 1. The molecule has 1 amide bonds. The summed E-state index contributed by atoms with van der Waals surface area (Å²) in [4.78, 5) is 21.8. The molecule has 260 valence electrons. The van der Waals surface area contributed by atoms with Crippen molar-refractivity contribution in [1.82, 2.24) is 9.55 Å². The second kappa shape index (κ2) is 18.1. The van der Waals surface area contributed by atoms with Crippen LogP contribution in [0.2, 0.25) is 0 Å².